The molecule has 1 aliphatic heterocycles. The molecule has 1 unspecified atom stereocenters. The standard InChI is InChI=1S/C14H27NO2/c1-5-14(6-2,15(3)4)13(16)10-9-12-8-7-11-17-12/h12H,5-11H2,1-4H3. The molecule has 0 N–H and O–H groups in total. The van der Waals surface area contributed by atoms with E-state index in [9.17, 15) is 4.79 Å². The maximum Gasteiger partial charge on any atom is 0.153 e. The van der Waals surface area contributed by atoms with Gasteiger partial charge in [-0.25, -0.2) is 0 Å². The lowest BCUT2D eigenvalue weighted by molar-refractivity contribution is -0.131. The first-order valence-corrected chi connectivity index (χ1v) is 6.89. The summed E-state index contributed by atoms with van der Waals surface area (Å²) < 4.78 is 5.58. The van der Waals surface area contributed by atoms with Gasteiger partial charge in [0.25, 0.3) is 0 Å². The van der Waals surface area contributed by atoms with Gasteiger partial charge in [0.1, 0.15) is 0 Å². The molecular formula is C14H27NO2. The molecule has 0 aromatic carbocycles. The van der Waals surface area contributed by atoms with Gasteiger partial charge in [-0.15, -0.1) is 0 Å². The van der Waals surface area contributed by atoms with Gasteiger partial charge in [0, 0.05) is 13.0 Å². The third-order valence-corrected chi connectivity index (χ3v) is 4.26. The molecule has 17 heavy (non-hydrogen) atoms. The van der Waals surface area contributed by atoms with E-state index in [1.807, 2.05) is 14.1 Å². The molecular weight excluding hydrogens is 214 g/mol. The minimum atomic E-state index is -0.265. The second kappa shape index (κ2) is 6.50. The Labute approximate surface area is 106 Å². The van der Waals surface area contributed by atoms with Crippen LogP contribution in [0.25, 0.3) is 0 Å². The summed E-state index contributed by atoms with van der Waals surface area (Å²) in [5, 5.41) is 0. The SMILES string of the molecule is CCC(CC)(C(=O)CCC1CCCO1)N(C)C. The number of rotatable bonds is 7. The van der Waals surface area contributed by atoms with Gasteiger partial charge >= 0.3 is 0 Å². The van der Waals surface area contributed by atoms with Crippen molar-refractivity contribution in [3.05, 3.63) is 0 Å². The van der Waals surface area contributed by atoms with Crippen molar-refractivity contribution in [2.45, 2.75) is 64.0 Å². The van der Waals surface area contributed by atoms with Crippen molar-refractivity contribution in [2.75, 3.05) is 20.7 Å². The number of hydrogen-bond acceptors (Lipinski definition) is 3. The zero-order chi connectivity index (χ0) is 12.9. The molecule has 0 saturated carbocycles. The Kier molecular flexibility index (Phi) is 5.60. The average molecular weight is 241 g/mol. The van der Waals surface area contributed by atoms with Crippen LogP contribution in [-0.2, 0) is 9.53 Å². The maximum absolute atomic E-state index is 12.4. The first-order chi connectivity index (χ1) is 8.06. The van der Waals surface area contributed by atoms with Crippen molar-refractivity contribution < 1.29 is 9.53 Å². The second-order valence-electron chi connectivity index (χ2n) is 5.23. The van der Waals surface area contributed by atoms with E-state index in [4.69, 9.17) is 4.74 Å². The lowest BCUT2D eigenvalue weighted by Gasteiger charge is -2.37. The van der Waals surface area contributed by atoms with E-state index in [0.29, 0.717) is 18.3 Å². The van der Waals surface area contributed by atoms with E-state index >= 15 is 0 Å². The van der Waals surface area contributed by atoms with Gasteiger partial charge < -0.3 is 4.74 Å². The van der Waals surface area contributed by atoms with Crippen LogP contribution in [0.3, 0.4) is 0 Å². The third kappa shape index (κ3) is 3.29. The van der Waals surface area contributed by atoms with Crippen LogP contribution in [-0.4, -0.2) is 43.0 Å². The number of ketones is 1. The van der Waals surface area contributed by atoms with E-state index in [-0.39, 0.29) is 5.54 Å². The zero-order valence-electron chi connectivity index (χ0n) is 11.8. The van der Waals surface area contributed by atoms with Crippen LogP contribution < -0.4 is 0 Å². The van der Waals surface area contributed by atoms with Crippen molar-refractivity contribution in [3.63, 3.8) is 0 Å². The van der Waals surface area contributed by atoms with Gasteiger partial charge in [-0.2, -0.15) is 0 Å². The summed E-state index contributed by atoms with van der Waals surface area (Å²) >= 11 is 0. The Hall–Kier alpha value is -0.410. The molecule has 100 valence electrons. The van der Waals surface area contributed by atoms with E-state index in [0.717, 1.165) is 38.7 Å². The highest BCUT2D eigenvalue weighted by Crippen LogP contribution is 2.26. The molecule has 1 rings (SSSR count). The topological polar surface area (TPSA) is 29.5 Å². The lowest BCUT2D eigenvalue weighted by Crippen LogP contribution is -2.50. The molecule has 0 aromatic heterocycles. The highest BCUT2D eigenvalue weighted by atomic mass is 16.5. The van der Waals surface area contributed by atoms with Crippen LogP contribution in [0, 0.1) is 0 Å². The van der Waals surface area contributed by atoms with Crippen LogP contribution in [0.5, 0.6) is 0 Å². The molecule has 1 heterocycles. The summed E-state index contributed by atoms with van der Waals surface area (Å²) in [6, 6.07) is 0. The summed E-state index contributed by atoms with van der Waals surface area (Å²) in [7, 11) is 4.02. The Balaban J connectivity index is 2.52. The van der Waals surface area contributed by atoms with Gasteiger partial charge in [0.05, 0.1) is 11.6 Å². The first-order valence-electron chi connectivity index (χ1n) is 6.89. The monoisotopic (exact) mass is 241 g/mol. The molecule has 3 heteroatoms. The molecule has 0 bridgehead atoms. The van der Waals surface area contributed by atoms with Crippen LogP contribution in [0.1, 0.15) is 52.4 Å². The van der Waals surface area contributed by atoms with Crippen molar-refractivity contribution in [1.29, 1.82) is 0 Å². The second-order valence-corrected chi connectivity index (χ2v) is 5.23. The van der Waals surface area contributed by atoms with Crippen molar-refractivity contribution >= 4 is 5.78 Å². The Morgan fingerprint density at radius 2 is 2.00 bits per heavy atom. The van der Waals surface area contributed by atoms with Crippen LogP contribution in [0.4, 0.5) is 0 Å². The van der Waals surface area contributed by atoms with E-state index < -0.39 is 0 Å². The summed E-state index contributed by atoms with van der Waals surface area (Å²) in [6.07, 6.45) is 5.94. The van der Waals surface area contributed by atoms with Gasteiger partial charge in [-0.1, -0.05) is 13.8 Å². The molecule has 1 aliphatic rings. The molecule has 1 fully saturated rings. The van der Waals surface area contributed by atoms with Crippen molar-refractivity contribution in [1.82, 2.24) is 4.90 Å². The average Bonchev–Trinajstić information content (AvgIpc) is 2.81. The summed E-state index contributed by atoms with van der Waals surface area (Å²) in [5.74, 6) is 0.378. The Morgan fingerprint density at radius 3 is 2.41 bits per heavy atom. The smallest absolute Gasteiger partial charge is 0.153 e. The van der Waals surface area contributed by atoms with Gasteiger partial charge in [-0.3, -0.25) is 9.69 Å². The number of Topliss-reactive ketones (excluding diaryl/α,β-unsaturated/α-hetero) is 1. The van der Waals surface area contributed by atoms with Gasteiger partial charge in [0.2, 0.25) is 0 Å². The third-order valence-electron chi connectivity index (χ3n) is 4.26. The van der Waals surface area contributed by atoms with Crippen LogP contribution in [0.2, 0.25) is 0 Å². The fourth-order valence-corrected chi connectivity index (χ4v) is 2.92. The minimum Gasteiger partial charge on any atom is -0.378 e. The van der Waals surface area contributed by atoms with Crippen LogP contribution >= 0.6 is 0 Å². The first kappa shape index (κ1) is 14.7. The highest BCUT2D eigenvalue weighted by molar-refractivity contribution is 5.88. The molecule has 1 atom stereocenters. The molecule has 0 radical (unpaired) electrons. The predicted molar refractivity (Wildman–Crippen MR) is 70.2 cm³/mol. The number of hydrogen-bond donors (Lipinski definition) is 0. The molecule has 0 aliphatic carbocycles. The van der Waals surface area contributed by atoms with Gasteiger partial charge in [0.15, 0.2) is 5.78 Å². The Bertz CT molecular complexity index is 241. The Morgan fingerprint density at radius 1 is 1.35 bits per heavy atom. The van der Waals surface area contributed by atoms with E-state index in [2.05, 4.69) is 18.7 Å². The lowest BCUT2D eigenvalue weighted by atomic mass is 9.84. The molecule has 0 aromatic rings. The van der Waals surface area contributed by atoms with Crippen molar-refractivity contribution in [2.24, 2.45) is 0 Å². The van der Waals surface area contributed by atoms with Crippen LogP contribution in [0.15, 0.2) is 0 Å². The minimum absolute atomic E-state index is 0.265. The fourth-order valence-electron chi connectivity index (χ4n) is 2.92. The molecule has 0 amide bonds. The van der Waals surface area contributed by atoms with E-state index in [1.54, 1.807) is 0 Å². The number of likely N-dealkylation sites (N-methyl/N-ethyl adjacent to an activating group) is 1. The molecule has 3 nitrogen and oxygen atoms in total. The summed E-state index contributed by atoms with van der Waals surface area (Å²) in [6.45, 7) is 5.08. The number of nitrogens with zero attached hydrogens (tertiary/aromatic N) is 1. The highest BCUT2D eigenvalue weighted by Gasteiger charge is 2.36. The zero-order valence-corrected chi connectivity index (χ0v) is 11.8. The summed E-state index contributed by atoms with van der Waals surface area (Å²) in [5.41, 5.74) is -0.265. The van der Waals surface area contributed by atoms with Gasteiger partial charge in [-0.05, 0) is 46.2 Å². The predicted octanol–water partition coefficient (Wildman–Crippen LogP) is 2.64. The normalized spacial score (nSPS) is 21.1. The largest absolute Gasteiger partial charge is 0.378 e. The quantitative estimate of drug-likeness (QED) is 0.686. The number of carbonyl (C=O) groups excluding carboxylic acids is 1. The number of ether oxygens (including phenoxy) is 1. The van der Waals surface area contributed by atoms with E-state index in [1.165, 1.54) is 0 Å². The number of carbonyl (C=O) groups is 1. The molecule has 0 spiro atoms. The summed E-state index contributed by atoms with van der Waals surface area (Å²) in [4.78, 5) is 14.5. The maximum atomic E-state index is 12.4. The fraction of sp³-hybridized carbons (Fsp3) is 0.929. The van der Waals surface area contributed by atoms with Crippen molar-refractivity contribution in [3.8, 4) is 0 Å². The molecule has 1 saturated heterocycles.